The number of nitrogens with two attached hydrogens (primary N) is 1. The van der Waals surface area contributed by atoms with E-state index in [2.05, 4.69) is 44.7 Å². The molecular weight excluding hydrogens is 454 g/mol. The van der Waals surface area contributed by atoms with Gasteiger partial charge in [0.15, 0.2) is 18.0 Å². The Morgan fingerprint density at radius 1 is 0.972 bits per heavy atom. The monoisotopic (exact) mass is 487 g/mol. The lowest BCUT2D eigenvalue weighted by molar-refractivity contribution is 0.300. The van der Waals surface area contributed by atoms with E-state index in [1.807, 2.05) is 42.5 Å². The van der Waals surface area contributed by atoms with Gasteiger partial charge in [-0.05, 0) is 43.8 Å². The molecular formula is C27H33N7O2. The van der Waals surface area contributed by atoms with Gasteiger partial charge in [0.1, 0.15) is 5.75 Å². The maximum atomic E-state index is 6.13. The number of methoxy groups -OCH3 is 1. The van der Waals surface area contributed by atoms with Crippen molar-refractivity contribution in [1.29, 1.82) is 0 Å². The zero-order valence-corrected chi connectivity index (χ0v) is 21.1. The number of nitrogen functional groups attached to an aromatic ring is 1. The number of rotatable bonds is 12. The Kier molecular flexibility index (Phi) is 8.46. The van der Waals surface area contributed by atoms with E-state index in [0.29, 0.717) is 29.8 Å². The van der Waals surface area contributed by atoms with Crippen LogP contribution < -0.4 is 15.4 Å². The average molecular weight is 488 g/mol. The molecule has 36 heavy (non-hydrogen) atoms. The Morgan fingerprint density at radius 2 is 1.78 bits per heavy atom. The number of hydrogen-bond donors (Lipinski definition) is 1. The highest BCUT2D eigenvalue weighted by Crippen LogP contribution is 2.31. The number of anilines is 2. The summed E-state index contributed by atoms with van der Waals surface area (Å²) in [7, 11) is 1.65. The SMILES string of the molecule is CCN(CC)CCCN(Cc1ccc(-c2cnco2)c(OC)c1)c1nc(N)nc(-c2ccccc2)n1. The van der Waals surface area contributed by atoms with Crippen LogP contribution in [0, 0.1) is 0 Å². The molecule has 0 spiro atoms. The van der Waals surface area contributed by atoms with Crippen LogP contribution in [0.15, 0.2) is 65.5 Å². The lowest BCUT2D eigenvalue weighted by Crippen LogP contribution is -2.31. The second-order valence-corrected chi connectivity index (χ2v) is 8.39. The fraction of sp³-hybridized carbons (Fsp3) is 0.333. The second-order valence-electron chi connectivity index (χ2n) is 8.39. The van der Waals surface area contributed by atoms with Gasteiger partial charge in [0.05, 0.1) is 18.9 Å². The normalized spacial score (nSPS) is 11.1. The Hall–Kier alpha value is -3.98. The van der Waals surface area contributed by atoms with Crippen LogP contribution in [-0.4, -0.2) is 58.1 Å². The second kappa shape index (κ2) is 12.1. The molecule has 2 heterocycles. The summed E-state index contributed by atoms with van der Waals surface area (Å²) < 4.78 is 11.1. The third kappa shape index (κ3) is 6.17. The van der Waals surface area contributed by atoms with Gasteiger partial charge in [-0.25, -0.2) is 4.98 Å². The van der Waals surface area contributed by atoms with Gasteiger partial charge in [-0.15, -0.1) is 0 Å². The largest absolute Gasteiger partial charge is 0.496 e. The smallest absolute Gasteiger partial charge is 0.231 e. The van der Waals surface area contributed by atoms with Crippen LogP contribution in [0.4, 0.5) is 11.9 Å². The molecule has 0 aliphatic rings. The minimum absolute atomic E-state index is 0.200. The topological polar surface area (TPSA) is 106 Å². The summed E-state index contributed by atoms with van der Waals surface area (Å²) in [6.07, 6.45) is 4.05. The van der Waals surface area contributed by atoms with Crippen molar-refractivity contribution in [3.63, 3.8) is 0 Å². The maximum absolute atomic E-state index is 6.13. The van der Waals surface area contributed by atoms with Crippen molar-refractivity contribution < 1.29 is 9.15 Å². The molecule has 0 radical (unpaired) electrons. The number of benzene rings is 2. The molecule has 188 valence electrons. The summed E-state index contributed by atoms with van der Waals surface area (Å²) in [4.78, 5) is 22.3. The van der Waals surface area contributed by atoms with E-state index in [4.69, 9.17) is 19.9 Å². The summed E-state index contributed by atoms with van der Waals surface area (Å²) in [6, 6.07) is 15.9. The van der Waals surface area contributed by atoms with Crippen LogP contribution in [0.2, 0.25) is 0 Å². The van der Waals surface area contributed by atoms with Gasteiger partial charge in [0, 0.05) is 18.7 Å². The predicted molar refractivity (Wildman–Crippen MR) is 142 cm³/mol. The molecule has 4 aromatic rings. The molecule has 0 aliphatic carbocycles. The molecule has 4 rings (SSSR count). The molecule has 0 fully saturated rings. The molecule has 0 aliphatic heterocycles. The van der Waals surface area contributed by atoms with Gasteiger partial charge in [0.2, 0.25) is 11.9 Å². The Labute approximate surface area is 212 Å². The first-order valence-corrected chi connectivity index (χ1v) is 12.2. The molecule has 9 heteroatoms. The number of oxazole rings is 1. The predicted octanol–water partition coefficient (Wildman–Crippen LogP) is 4.52. The quantitative estimate of drug-likeness (QED) is 0.308. The van der Waals surface area contributed by atoms with Crippen molar-refractivity contribution >= 4 is 11.9 Å². The first-order chi connectivity index (χ1) is 17.6. The Morgan fingerprint density at radius 3 is 2.47 bits per heavy atom. The van der Waals surface area contributed by atoms with Crippen molar-refractivity contribution in [3.8, 4) is 28.5 Å². The molecule has 0 atom stereocenters. The molecule has 0 unspecified atom stereocenters. The van der Waals surface area contributed by atoms with E-state index in [-0.39, 0.29) is 5.95 Å². The highest BCUT2D eigenvalue weighted by atomic mass is 16.5. The Balaban J connectivity index is 1.64. The van der Waals surface area contributed by atoms with Crippen molar-refractivity contribution in [2.45, 2.75) is 26.8 Å². The minimum atomic E-state index is 0.200. The molecule has 0 amide bonds. The van der Waals surface area contributed by atoms with Crippen LogP contribution in [-0.2, 0) is 6.54 Å². The van der Waals surface area contributed by atoms with E-state index < -0.39 is 0 Å². The number of aromatic nitrogens is 4. The zero-order valence-electron chi connectivity index (χ0n) is 21.1. The maximum Gasteiger partial charge on any atom is 0.231 e. The van der Waals surface area contributed by atoms with Gasteiger partial charge in [0.25, 0.3) is 0 Å². The van der Waals surface area contributed by atoms with E-state index in [9.17, 15) is 0 Å². The van der Waals surface area contributed by atoms with Crippen LogP contribution in [0.5, 0.6) is 5.75 Å². The van der Waals surface area contributed by atoms with Crippen molar-refractivity contribution in [2.24, 2.45) is 0 Å². The zero-order chi connectivity index (χ0) is 25.3. The first-order valence-electron chi connectivity index (χ1n) is 12.2. The fourth-order valence-electron chi connectivity index (χ4n) is 4.12. The van der Waals surface area contributed by atoms with Crippen molar-refractivity contribution in [2.75, 3.05) is 43.9 Å². The van der Waals surface area contributed by atoms with E-state index in [0.717, 1.165) is 49.3 Å². The summed E-state index contributed by atoms with van der Waals surface area (Å²) in [6.45, 7) is 8.75. The molecule has 0 bridgehead atoms. The first kappa shape index (κ1) is 25.1. The lowest BCUT2D eigenvalue weighted by Gasteiger charge is -2.25. The highest BCUT2D eigenvalue weighted by Gasteiger charge is 2.17. The van der Waals surface area contributed by atoms with Gasteiger partial charge in [-0.1, -0.05) is 50.2 Å². The van der Waals surface area contributed by atoms with E-state index in [1.165, 1.54) is 6.39 Å². The van der Waals surface area contributed by atoms with Crippen molar-refractivity contribution in [1.82, 2.24) is 24.8 Å². The van der Waals surface area contributed by atoms with Gasteiger partial charge >= 0.3 is 0 Å². The van der Waals surface area contributed by atoms with Crippen LogP contribution >= 0.6 is 0 Å². The molecule has 0 saturated carbocycles. The van der Waals surface area contributed by atoms with Gasteiger partial charge in [-0.2, -0.15) is 15.0 Å². The summed E-state index contributed by atoms with van der Waals surface area (Å²) in [5, 5.41) is 0. The number of nitrogens with zero attached hydrogens (tertiary/aromatic N) is 6. The van der Waals surface area contributed by atoms with Crippen molar-refractivity contribution in [3.05, 3.63) is 66.7 Å². The average Bonchev–Trinajstić information content (AvgIpc) is 3.45. The fourth-order valence-corrected chi connectivity index (χ4v) is 4.12. The summed E-state index contributed by atoms with van der Waals surface area (Å²) in [5.74, 6) is 2.69. The summed E-state index contributed by atoms with van der Waals surface area (Å²) >= 11 is 0. The van der Waals surface area contributed by atoms with Gasteiger partial charge < -0.3 is 24.7 Å². The van der Waals surface area contributed by atoms with Crippen LogP contribution in [0.1, 0.15) is 25.8 Å². The molecule has 2 N–H and O–H groups in total. The highest BCUT2D eigenvalue weighted by molar-refractivity contribution is 5.66. The van der Waals surface area contributed by atoms with E-state index in [1.54, 1.807) is 13.3 Å². The van der Waals surface area contributed by atoms with Gasteiger partial charge in [-0.3, -0.25) is 0 Å². The minimum Gasteiger partial charge on any atom is -0.496 e. The molecule has 0 saturated heterocycles. The van der Waals surface area contributed by atoms with E-state index >= 15 is 0 Å². The Bertz CT molecular complexity index is 1230. The van der Waals surface area contributed by atoms with Crippen LogP contribution in [0.3, 0.4) is 0 Å². The molecule has 9 nitrogen and oxygen atoms in total. The number of ether oxygens (including phenoxy) is 1. The molecule has 2 aromatic heterocycles. The number of hydrogen-bond acceptors (Lipinski definition) is 9. The third-order valence-electron chi connectivity index (χ3n) is 6.09. The lowest BCUT2D eigenvalue weighted by atomic mass is 10.1. The summed E-state index contributed by atoms with van der Waals surface area (Å²) in [5.41, 5.74) is 8.93. The van der Waals surface area contributed by atoms with Crippen LogP contribution in [0.25, 0.3) is 22.7 Å². The third-order valence-corrected chi connectivity index (χ3v) is 6.09. The molecule has 2 aromatic carbocycles. The standard InChI is InChI=1S/C27H33N7O2/c1-4-33(5-2)14-9-15-34(27-31-25(30-26(28)32-27)21-10-7-6-8-11-21)18-20-12-13-22(23(16-20)35-3)24-17-29-19-36-24/h6-8,10-13,16-17,19H,4-5,9,14-15,18H2,1-3H3,(H2,28,30,31,32).